The topological polar surface area (TPSA) is 12.0 Å². The second-order valence-electron chi connectivity index (χ2n) is 7.99. The van der Waals surface area contributed by atoms with Gasteiger partial charge in [-0.1, -0.05) is 144 Å². The van der Waals surface area contributed by atoms with E-state index in [2.05, 4.69) is 33.9 Å². The molecule has 0 aromatic heterocycles. The third-order valence-electron chi connectivity index (χ3n) is 5.34. The second kappa shape index (κ2) is 24.8. The number of alkyl halides is 1. The molecule has 0 fully saturated rings. The van der Waals surface area contributed by atoms with E-state index in [9.17, 15) is 0 Å². The maximum atomic E-state index is 4.88. The van der Waals surface area contributed by atoms with Crippen LogP contribution < -0.4 is 5.32 Å². The Bertz CT molecular complexity index is 300. The third-order valence-corrected chi connectivity index (χ3v) is 6.20. The Labute approximate surface area is 190 Å². The summed E-state index contributed by atoms with van der Waals surface area (Å²) < 4.78 is 0.627. The lowest BCUT2D eigenvalue weighted by molar-refractivity contribution is 0.522. The molecule has 0 heterocycles. The summed E-state index contributed by atoms with van der Waals surface area (Å²) in [5.41, 5.74) is 0. The van der Waals surface area contributed by atoms with Gasteiger partial charge in [-0.25, -0.2) is 0 Å². The van der Waals surface area contributed by atoms with Crippen LogP contribution in [0.4, 0.5) is 0 Å². The molecule has 0 atom stereocenters. The van der Waals surface area contributed by atoms with Gasteiger partial charge in [-0.2, -0.15) is 0 Å². The van der Waals surface area contributed by atoms with Crippen molar-refractivity contribution in [3.63, 3.8) is 0 Å². The molecular formula is C23H46BrNS2. The number of halogens is 1. The molecule has 4 heteroatoms. The Hall–Kier alpha value is 0.720. The Morgan fingerprint density at radius 2 is 0.778 bits per heavy atom. The lowest BCUT2D eigenvalue weighted by Gasteiger charge is -2.04. The molecule has 0 radical (unpaired) electrons. The zero-order valence-corrected chi connectivity index (χ0v) is 21.1. The summed E-state index contributed by atoms with van der Waals surface area (Å²) in [7, 11) is 0. The van der Waals surface area contributed by atoms with E-state index in [0.717, 1.165) is 6.54 Å². The summed E-state index contributed by atoms with van der Waals surface area (Å²) >= 11 is 12.4. The molecule has 27 heavy (non-hydrogen) atoms. The van der Waals surface area contributed by atoms with E-state index < -0.39 is 0 Å². The van der Waals surface area contributed by atoms with Crippen LogP contribution in [0.3, 0.4) is 0 Å². The third kappa shape index (κ3) is 26.7. The Balaban J connectivity index is 2.98. The van der Waals surface area contributed by atoms with Crippen molar-refractivity contribution in [2.45, 2.75) is 128 Å². The first-order valence-corrected chi connectivity index (χ1v) is 13.8. The van der Waals surface area contributed by atoms with Crippen molar-refractivity contribution in [3.05, 3.63) is 0 Å². The predicted octanol–water partition coefficient (Wildman–Crippen LogP) is 8.99. The van der Waals surface area contributed by atoms with Gasteiger partial charge in [0.1, 0.15) is 4.32 Å². The SMILES string of the molecule is S=C(S)NCCCCCCCCCCCCCCCCCCCCCCBr. The molecule has 0 bridgehead atoms. The average Bonchev–Trinajstić information content (AvgIpc) is 2.65. The normalized spacial score (nSPS) is 11.0. The van der Waals surface area contributed by atoms with Crippen molar-refractivity contribution < 1.29 is 0 Å². The summed E-state index contributed by atoms with van der Waals surface area (Å²) in [6.45, 7) is 0.986. The molecule has 0 saturated carbocycles. The van der Waals surface area contributed by atoms with Crippen molar-refractivity contribution in [2.24, 2.45) is 0 Å². The zero-order valence-electron chi connectivity index (χ0n) is 17.8. The molecule has 0 aliphatic rings. The van der Waals surface area contributed by atoms with Gasteiger partial charge in [0.05, 0.1) is 0 Å². The van der Waals surface area contributed by atoms with E-state index in [4.69, 9.17) is 12.2 Å². The van der Waals surface area contributed by atoms with Gasteiger partial charge in [0, 0.05) is 11.9 Å². The van der Waals surface area contributed by atoms with E-state index >= 15 is 0 Å². The summed E-state index contributed by atoms with van der Waals surface area (Å²) in [5.74, 6) is 0. The number of unbranched alkanes of at least 4 members (excludes halogenated alkanes) is 19. The van der Waals surface area contributed by atoms with Crippen LogP contribution >= 0.6 is 40.8 Å². The summed E-state index contributed by atoms with van der Waals surface area (Å²) in [4.78, 5) is 0. The highest BCUT2D eigenvalue weighted by Gasteiger charge is 1.95. The highest BCUT2D eigenvalue weighted by molar-refractivity contribution is 9.09. The van der Waals surface area contributed by atoms with E-state index in [1.54, 1.807) is 0 Å². The van der Waals surface area contributed by atoms with Gasteiger partial charge >= 0.3 is 0 Å². The van der Waals surface area contributed by atoms with Crippen LogP contribution in [-0.2, 0) is 0 Å². The summed E-state index contributed by atoms with van der Waals surface area (Å²) in [5, 5.41) is 4.28. The predicted molar refractivity (Wildman–Crippen MR) is 136 cm³/mol. The van der Waals surface area contributed by atoms with Crippen molar-refractivity contribution in [2.75, 3.05) is 11.9 Å². The molecule has 162 valence electrons. The second-order valence-corrected chi connectivity index (χ2v) is 9.94. The van der Waals surface area contributed by atoms with Crippen molar-refractivity contribution in [1.29, 1.82) is 0 Å². The van der Waals surface area contributed by atoms with Crippen molar-refractivity contribution >= 4 is 45.1 Å². The van der Waals surface area contributed by atoms with Crippen LogP contribution in [0.15, 0.2) is 0 Å². The zero-order chi connectivity index (χ0) is 19.8. The molecule has 0 saturated heterocycles. The van der Waals surface area contributed by atoms with Crippen molar-refractivity contribution in [1.82, 2.24) is 5.32 Å². The first-order valence-electron chi connectivity index (χ1n) is 11.8. The highest BCUT2D eigenvalue weighted by atomic mass is 79.9. The first kappa shape index (κ1) is 27.7. The van der Waals surface area contributed by atoms with Gasteiger partial charge in [0.2, 0.25) is 0 Å². The highest BCUT2D eigenvalue weighted by Crippen LogP contribution is 2.14. The Morgan fingerprint density at radius 1 is 0.519 bits per heavy atom. The van der Waals surface area contributed by atoms with Gasteiger partial charge in [-0.15, -0.1) is 12.6 Å². The average molecular weight is 481 g/mol. The van der Waals surface area contributed by atoms with Crippen LogP contribution in [0, 0.1) is 0 Å². The Kier molecular flexibility index (Phi) is 25.4. The standard InChI is InChI=1S/C23H46BrNS2/c24-21-19-17-15-13-11-9-7-5-3-1-2-4-6-8-10-12-14-16-18-20-22-25-23(26)27/h1-22H2,(H2,25,26,27). The van der Waals surface area contributed by atoms with Gasteiger partial charge in [0.15, 0.2) is 0 Å². The fourth-order valence-electron chi connectivity index (χ4n) is 3.60. The molecule has 0 amide bonds. The lowest BCUT2D eigenvalue weighted by atomic mass is 10.0. The van der Waals surface area contributed by atoms with Crippen LogP contribution in [0.25, 0.3) is 0 Å². The molecule has 0 aromatic rings. The maximum Gasteiger partial charge on any atom is 0.130 e. The molecule has 1 nitrogen and oxygen atoms in total. The fourth-order valence-corrected chi connectivity index (χ4v) is 4.21. The smallest absolute Gasteiger partial charge is 0.130 e. The number of hydrogen-bond donors (Lipinski definition) is 2. The molecule has 0 unspecified atom stereocenters. The molecule has 0 aliphatic carbocycles. The number of thiol groups is 1. The summed E-state index contributed by atoms with van der Waals surface area (Å²) in [6.07, 6.45) is 28.5. The maximum absolute atomic E-state index is 4.88. The minimum Gasteiger partial charge on any atom is -0.371 e. The fraction of sp³-hybridized carbons (Fsp3) is 0.957. The molecule has 0 aliphatic heterocycles. The number of rotatable bonds is 22. The van der Waals surface area contributed by atoms with E-state index in [1.165, 1.54) is 134 Å². The summed E-state index contributed by atoms with van der Waals surface area (Å²) in [6, 6.07) is 0. The molecule has 0 spiro atoms. The number of hydrogen-bond acceptors (Lipinski definition) is 1. The quantitative estimate of drug-likeness (QED) is 0.0694. The van der Waals surface area contributed by atoms with Gasteiger partial charge in [-0.05, 0) is 12.8 Å². The first-order chi connectivity index (χ1) is 13.3. The van der Waals surface area contributed by atoms with Gasteiger partial charge < -0.3 is 5.32 Å². The molecule has 1 N–H and O–H groups in total. The van der Waals surface area contributed by atoms with Gasteiger partial charge in [0.25, 0.3) is 0 Å². The number of nitrogens with one attached hydrogen (secondary N) is 1. The van der Waals surface area contributed by atoms with Crippen LogP contribution in [0.1, 0.15) is 128 Å². The Morgan fingerprint density at radius 3 is 1.04 bits per heavy atom. The van der Waals surface area contributed by atoms with E-state index in [-0.39, 0.29) is 0 Å². The van der Waals surface area contributed by atoms with Crippen LogP contribution in [0.2, 0.25) is 0 Å². The monoisotopic (exact) mass is 479 g/mol. The largest absolute Gasteiger partial charge is 0.371 e. The number of thiocarbonyl (C=S) groups is 1. The lowest BCUT2D eigenvalue weighted by Crippen LogP contribution is -2.17. The minimum atomic E-state index is 0.627. The van der Waals surface area contributed by atoms with Gasteiger partial charge in [-0.3, -0.25) is 0 Å². The molecular weight excluding hydrogens is 434 g/mol. The van der Waals surface area contributed by atoms with E-state index in [1.807, 2.05) is 0 Å². The molecule has 0 aromatic carbocycles. The van der Waals surface area contributed by atoms with E-state index in [0.29, 0.717) is 4.32 Å². The van der Waals surface area contributed by atoms with Crippen LogP contribution in [-0.4, -0.2) is 16.2 Å². The minimum absolute atomic E-state index is 0.627. The van der Waals surface area contributed by atoms with Crippen molar-refractivity contribution in [3.8, 4) is 0 Å². The van der Waals surface area contributed by atoms with Crippen LogP contribution in [0.5, 0.6) is 0 Å². The molecule has 0 rings (SSSR count).